The first kappa shape index (κ1) is 13.5. The Kier molecular flexibility index (Phi) is 3.47. The van der Waals surface area contributed by atoms with E-state index in [1.54, 1.807) is 13.0 Å². The van der Waals surface area contributed by atoms with Gasteiger partial charge in [-0.1, -0.05) is 0 Å². The number of hydrogen-bond acceptors (Lipinski definition) is 4. The molecule has 1 heterocycles. The van der Waals surface area contributed by atoms with Crippen LogP contribution >= 0.6 is 15.9 Å². The van der Waals surface area contributed by atoms with Gasteiger partial charge in [-0.3, -0.25) is 9.59 Å². The Morgan fingerprint density at radius 2 is 2.22 bits per heavy atom. The fourth-order valence-electron chi connectivity index (χ4n) is 2.49. The minimum atomic E-state index is -0.497. The van der Waals surface area contributed by atoms with E-state index >= 15 is 0 Å². The van der Waals surface area contributed by atoms with Crippen molar-refractivity contribution in [2.75, 3.05) is 6.61 Å². The summed E-state index contributed by atoms with van der Waals surface area (Å²) in [4.78, 5) is 22.8. The van der Waals surface area contributed by atoms with Gasteiger partial charge in [-0.05, 0) is 35.9 Å². The van der Waals surface area contributed by atoms with Crippen molar-refractivity contribution in [1.82, 2.24) is 0 Å². The van der Waals surface area contributed by atoms with Crippen LogP contribution in [0.2, 0.25) is 0 Å². The highest BCUT2D eigenvalue weighted by Crippen LogP contribution is 2.45. The zero-order chi connectivity index (χ0) is 13.5. The van der Waals surface area contributed by atoms with Gasteiger partial charge in [-0.25, -0.2) is 0 Å². The van der Waals surface area contributed by atoms with Crippen LogP contribution in [0.1, 0.15) is 27.2 Å². The van der Waals surface area contributed by atoms with Crippen molar-refractivity contribution in [3.05, 3.63) is 21.9 Å². The minimum Gasteiger partial charge on any atom is -0.432 e. The smallest absolute Gasteiger partial charge is 0.307 e. The van der Waals surface area contributed by atoms with Crippen LogP contribution in [-0.4, -0.2) is 24.0 Å². The molecule has 1 saturated heterocycles. The van der Waals surface area contributed by atoms with Crippen LogP contribution in [0.15, 0.2) is 21.9 Å². The van der Waals surface area contributed by atoms with Crippen LogP contribution in [-0.2, 0) is 19.1 Å². The van der Waals surface area contributed by atoms with Crippen molar-refractivity contribution < 1.29 is 19.1 Å². The van der Waals surface area contributed by atoms with Crippen molar-refractivity contribution in [2.45, 2.75) is 32.8 Å². The average Bonchev–Trinajstić information content (AvgIpc) is 2.55. The number of carbonyl (C=O) groups excluding carboxylic acids is 2. The molecule has 4 nitrogen and oxygen atoms in total. The van der Waals surface area contributed by atoms with Gasteiger partial charge in [0.2, 0.25) is 0 Å². The SMILES string of the molecule is CC(=O)O/C(C)=C1\CO[C@@]2(C)C=C(Br)C(=O)C[C@@H]12. The van der Waals surface area contributed by atoms with E-state index in [-0.39, 0.29) is 17.7 Å². The van der Waals surface area contributed by atoms with E-state index in [4.69, 9.17) is 9.47 Å². The van der Waals surface area contributed by atoms with Gasteiger partial charge in [0.25, 0.3) is 0 Å². The fourth-order valence-corrected chi connectivity index (χ4v) is 3.11. The summed E-state index contributed by atoms with van der Waals surface area (Å²) in [5.41, 5.74) is 0.404. The van der Waals surface area contributed by atoms with Gasteiger partial charge in [0.05, 0.1) is 16.7 Å². The maximum Gasteiger partial charge on any atom is 0.307 e. The fraction of sp³-hybridized carbons (Fsp3) is 0.538. The highest BCUT2D eigenvalue weighted by molar-refractivity contribution is 9.12. The van der Waals surface area contributed by atoms with Crippen LogP contribution in [0.4, 0.5) is 0 Å². The lowest BCUT2D eigenvalue weighted by molar-refractivity contribution is -0.136. The average molecular weight is 315 g/mol. The molecule has 0 spiro atoms. The van der Waals surface area contributed by atoms with E-state index in [0.717, 1.165) is 5.57 Å². The second-order valence-electron chi connectivity index (χ2n) is 4.82. The first-order valence-electron chi connectivity index (χ1n) is 5.77. The monoisotopic (exact) mass is 314 g/mol. The molecule has 2 rings (SSSR count). The second kappa shape index (κ2) is 4.63. The number of carbonyl (C=O) groups is 2. The predicted molar refractivity (Wildman–Crippen MR) is 68.9 cm³/mol. The van der Waals surface area contributed by atoms with Gasteiger partial charge in [-0.2, -0.15) is 0 Å². The maximum atomic E-state index is 11.8. The summed E-state index contributed by atoms with van der Waals surface area (Å²) in [6.45, 7) is 5.44. The lowest BCUT2D eigenvalue weighted by atomic mass is 9.78. The Balaban J connectivity index is 2.36. The van der Waals surface area contributed by atoms with E-state index in [9.17, 15) is 9.59 Å². The molecule has 0 aromatic heterocycles. The van der Waals surface area contributed by atoms with E-state index in [1.165, 1.54) is 6.92 Å². The first-order chi connectivity index (χ1) is 8.33. The third kappa shape index (κ3) is 2.29. The summed E-state index contributed by atoms with van der Waals surface area (Å²) in [5, 5.41) is 0. The molecule has 1 fully saturated rings. The van der Waals surface area contributed by atoms with Crippen LogP contribution < -0.4 is 0 Å². The quantitative estimate of drug-likeness (QED) is 0.551. The molecule has 1 aliphatic heterocycles. The van der Waals surface area contributed by atoms with E-state index in [0.29, 0.717) is 23.3 Å². The normalized spacial score (nSPS) is 33.9. The molecule has 1 aliphatic carbocycles. The molecule has 0 radical (unpaired) electrons. The summed E-state index contributed by atoms with van der Waals surface area (Å²) in [6.07, 6.45) is 2.18. The van der Waals surface area contributed by atoms with Crippen LogP contribution in [0.3, 0.4) is 0 Å². The molecule has 0 N–H and O–H groups in total. The molecule has 18 heavy (non-hydrogen) atoms. The summed E-state index contributed by atoms with van der Waals surface area (Å²) < 4.78 is 11.4. The molecule has 0 amide bonds. The van der Waals surface area contributed by atoms with Crippen molar-refractivity contribution in [3.63, 3.8) is 0 Å². The number of esters is 1. The van der Waals surface area contributed by atoms with Gasteiger partial charge in [0, 0.05) is 24.8 Å². The molecule has 2 atom stereocenters. The van der Waals surface area contributed by atoms with Crippen LogP contribution in [0.25, 0.3) is 0 Å². The van der Waals surface area contributed by atoms with Crippen molar-refractivity contribution in [3.8, 4) is 0 Å². The van der Waals surface area contributed by atoms with Gasteiger partial charge in [0.15, 0.2) is 5.78 Å². The lowest BCUT2D eigenvalue weighted by Crippen LogP contribution is -2.35. The highest BCUT2D eigenvalue weighted by Gasteiger charge is 2.47. The van der Waals surface area contributed by atoms with Crippen LogP contribution in [0, 0.1) is 5.92 Å². The zero-order valence-corrected chi connectivity index (χ0v) is 12.2. The molecule has 98 valence electrons. The Morgan fingerprint density at radius 3 is 2.83 bits per heavy atom. The van der Waals surface area contributed by atoms with Crippen molar-refractivity contribution in [1.29, 1.82) is 0 Å². The predicted octanol–water partition coefficient (Wildman–Crippen LogP) is 2.48. The number of hydrogen-bond donors (Lipinski definition) is 0. The summed E-state index contributed by atoms with van der Waals surface area (Å²) in [7, 11) is 0. The Hall–Kier alpha value is -0.940. The first-order valence-corrected chi connectivity index (χ1v) is 6.56. The molecule has 0 saturated carbocycles. The summed E-state index contributed by atoms with van der Waals surface area (Å²) in [6, 6.07) is 0. The Labute approximate surface area is 114 Å². The van der Waals surface area contributed by atoms with Gasteiger partial charge in [0.1, 0.15) is 5.76 Å². The zero-order valence-electron chi connectivity index (χ0n) is 10.6. The molecular weight excluding hydrogens is 300 g/mol. The van der Waals surface area contributed by atoms with Gasteiger partial charge < -0.3 is 9.47 Å². The minimum absolute atomic E-state index is 0.0503. The van der Waals surface area contributed by atoms with E-state index in [1.807, 2.05) is 6.92 Å². The second-order valence-corrected chi connectivity index (χ2v) is 5.67. The largest absolute Gasteiger partial charge is 0.432 e. The number of ketones is 1. The van der Waals surface area contributed by atoms with Crippen molar-refractivity contribution in [2.24, 2.45) is 5.92 Å². The molecule has 0 bridgehead atoms. The molecule has 2 aliphatic rings. The van der Waals surface area contributed by atoms with Gasteiger partial charge in [-0.15, -0.1) is 0 Å². The number of fused-ring (bicyclic) bond motifs is 1. The Morgan fingerprint density at radius 1 is 1.56 bits per heavy atom. The van der Waals surface area contributed by atoms with E-state index < -0.39 is 5.60 Å². The Bertz CT molecular complexity index is 477. The van der Waals surface area contributed by atoms with Gasteiger partial charge >= 0.3 is 5.97 Å². The molecular formula is C13H15BrO4. The van der Waals surface area contributed by atoms with Crippen LogP contribution in [0.5, 0.6) is 0 Å². The highest BCUT2D eigenvalue weighted by atomic mass is 79.9. The summed E-state index contributed by atoms with van der Waals surface area (Å²) in [5.74, 6) is 0.199. The number of rotatable bonds is 1. The lowest BCUT2D eigenvalue weighted by Gasteiger charge is -2.31. The summed E-state index contributed by atoms with van der Waals surface area (Å²) >= 11 is 3.25. The van der Waals surface area contributed by atoms with E-state index in [2.05, 4.69) is 15.9 Å². The third-order valence-corrected chi connectivity index (χ3v) is 4.14. The molecule has 0 aromatic carbocycles. The number of Topliss-reactive ketones (excluding diaryl/α,β-unsaturated/α-hetero) is 1. The maximum absolute atomic E-state index is 11.8. The molecule has 0 unspecified atom stereocenters. The topological polar surface area (TPSA) is 52.6 Å². The molecule has 0 aromatic rings. The number of halogens is 1. The third-order valence-electron chi connectivity index (χ3n) is 3.47. The molecule has 5 heteroatoms. The standard InChI is InChI=1S/C13H15BrO4/c1-7(18-8(2)15)9-6-17-13(3)5-11(14)12(16)4-10(9)13/h5,10H,4,6H2,1-3H3/b9-7+/t10-,13-/m0/s1. The number of ether oxygens (including phenoxy) is 2. The van der Waals surface area contributed by atoms with Crippen molar-refractivity contribution >= 4 is 27.7 Å². The number of allylic oxidation sites excluding steroid dienone is 2.